The Balaban J connectivity index is 1.69. The molecular formula is C25H19ClN2O4. The van der Waals surface area contributed by atoms with Gasteiger partial charge in [-0.1, -0.05) is 23.7 Å². The normalized spacial score (nSPS) is 19.5. The summed E-state index contributed by atoms with van der Waals surface area (Å²) in [5.74, 6) is -0.944. The molecule has 1 saturated heterocycles. The summed E-state index contributed by atoms with van der Waals surface area (Å²) < 4.78 is 5.65. The maximum absolute atomic E-state index is 13.2. The standard InChI is InChI=1S/C25H19ClN2O4/c26-18-6-1-7-19(13-18)28-22(17-4-2-10-27-14-17)21(24(30)25(28)31)23(29)16-8-9-20-15(12-16)5-3-11-32-20/h1-2,4,6-10,12-14,22,29H,3,5,11H2/b23-21-. The van der Waals surface area contributed by atoms with Crippen molar-refractivity contribution in [2.75, 3.05) is 11.5 Å². The summed E-state index contributed by atoms with van der Waals surface area (Å²) in [6, 6.07) is 14.7. The molecule has 1 atom stereocenters. The molecule has 7 heteroatoms. The van der Waals surface area contributed by atoms with Gasteiger partial charge < -0.3 is 9.84 Å². The van der Waals surface area contributed by atoms with E-state index in [1.54, 1.807) is 60.9 Å². The number of benzene rings is 2. The van der Waals surface area contributed by atoms with Crippen molar-refractivity contribution in [1.82, 2.24) is 4.98 Å². The van der Waals surface area contributed by atoms with Gasteiger partial charge in [-0.25, -0.2) is 0 Å². The van der Waals surface area contributed by atoms with E-state index in [2.05, 4.69) is 4.98 Å². The number of carbonyl (C=O) groups excluding carboxylic acids is 2. The van der Waals surface area contributed by atoms with E-state index in [0.29, 0.717) is 28.4 Å². The van der Waals surface area contributed by atoms with Crippen molar-refractivity contribution in [2.24, 2.45) is 0 Å². The molecule has 160 valence electrons. The number of aliphatic hydroxyl groups excluding tert-OH is 1. The van der Waals surface area contributed by atoms with Gasteiger partial charge in [0.15, 0.2) is 0 Å². The van der Waals surface area contributed by atoms with Gasteiger partial charge in [0, 0.05) is 28.7 Å². The highest BCUT2D eigenvalue weighted by Gasteiger charge is 2.47. The van der Waals surface area contributed by atoms with Gasteiger partial charge in [0.05, 0.1) is 18.2 Å². The molecule has 1 unspecified atom stereocenters. The smallest absolute Gasteiger partial charge is 0.300 e. The maximum atomic E-state index is 13.2. The lowest BCUT2D eigenvalue weighted by Gasteiger charge is -2.25. The average molecular weight is 447 g/mol. The fourth-order valence-corrected chi connectivity index (χ4v) is 4.43. The number of Topliss-reactive ketones (excluding diaryl/α,β-unsaturated/α-hetero) is 1. The van der Waals surface area contributed by atoms with Crippen LogP contribution < -0.4 is 9.64 Å². The Kier molecular flexibility index (Phi) is 5.15. The van der Waals surface area contributed by atoms with Crippen LogP contribution in [0.5, 0.6) is 5.75 Å². The zero-order chi connectivity index (χ0) is 22.2. The largest absolute Gasteiger partial charge is 0.507 e. The number of halogens is 1. The molecule has 1 fully saturated rings. The Bertz CT molecular complexity index is 1260. The summed E-state index contributed by atoms with van der Waals surface area (Å²) >= 11 is 6.15. The summed E-state index contributed by atoms with van der Waals surface area (Å²) in [6.45, 7) is 0.657. The molecule has 0 saturated carbocycles. The van der Waals surface area contributed by atoms with Crippen LogP contribution >= 0.6 is 11.6 Å². The molecule has 6 nitrogen and oxygen atoms in total. The number of ketones is 1. The Labute approximate surface area is 189 Å². The third kappa shape index (κ3) is 3.42. The van der Waals surface area contributed by atoms with Crippen molar-refractivity contribution in [3.63, 3.8) is 0 Å². The predicted molar refractivity (Wildman–Crippen MR) is 121 cm³/mol. The number of hydrogen-bond donors (Lipinski definition) is 1. The second-order valence-corrected chi connectivity index (χ2v) is 8.15. The molecule has 3 aromatic rings. The first-order valence-corrected chi connectivity index (χ1v) is 10.6. The number of fused-ring (bicyclic) bond motifs is 1. The zero-order valence-corrected chi connectivity index (χ0v) is 17.7. The van der Waals surface area contributed by atoms with Gasteiger partial charge in [0.25, 0.3) is 11.7 Å². The van der Waals surface area contributed by atoms with Crippen LogP contribution in [0.25, 0.3) is 5.76 Å². The number of aryl methyl sites for hydroxylation is 1. The minimum Gasteiger partial charge on any atom is -0.507 e. The number of rotatable bonds is 3. The molecule has 0 aliphatic carbocycles. The van der Waals surface area contributed by atoms with Crippen molar-refractivity contribution >= 4 is 34.7 Å². The number of anilines is 1. The number of hydrogen-bond acceptors (Lipinski definition) is 5. The van der Waals surface area contributed by atoms with Crippen molar-refractivity contribution in [3.05, 3.63) is 94.3 Å². The lowest BCUT2D eigenvalue weighted by Crippen LogP contribution is -2.29. The molecule has 2 aliphatic heterocycles. The topological polar surface area (TPSA) is 79.7 Å². The Morgan fingerprint density at radius 1 is 1.12 bits per heavy atom. The molecule has 0 bridgehead atoms. The number of aliphatic hydroxyl groups is 1. The molecule has 2 aliphatic rings. The second-order valence-electron chi connectivity index (χ2n) is 7.71. The van der Waals surface area contributed by atoms with Crippen molar-refractivity contribution in [3.8, 4) is 5.75 Å². The van der Waals surface area contributed by atoms with E-state index in [9.17, 15) is 14.7 Å². The Morgan fingerprint density at radius 3 is 2.78 bits per heavy atom. The highest BCUT2D eigenvalue weighted by atomic mass is 35.5. The maximum Gasteiger partial charge on any atom is 0.300 e. The quantitative estimate of drug-likeness (QED) is 0.359. The van der Waals surface area contributed by atoms with Crippen LogP contribution in [0, 0.1) is 0 Å². The van der Waals surface area contributed by atoms with Crippen LogP contribution in [0.2, 0.25) is 5.02 Å². The average Bonchev–Trinajstić information content (AvgIpc) is 3.09. The Hall–Kier alpha value is -3.64. The SMILES string of the molecule is O=C1C(=O)N(c2cccc(Cl)c2)C(c2cccnc2)/C1=C(/O)c1ccc2c(c1)CCCO2. The molecule has 1 amide bonds. The third-order valence-corrected chi connectivity index (χ3v) is 5.95. The third-order valence-electron chi connectivity index (χ3n) is 5.71. The number of amides is 1. The van der Waals surface area contributed by atoms with Gasteiger partial charge in [0.2, 0.25) is 0 Å². The summed E-state index contributed by atoms with van der Waals surface area (Å²) in [5, 5.41) is 11.7. The van der Waals surface area contributed by atoms with E-state index in [1.807, 2.05) is 6.07 Å². The molecule has 32 heavy (non-hydrogen) atoms. The number of pyridine rings is 1. The highest BCUT2D eigenvalue weighted by Crippen LogP contribution is 2.42. The van der Waals surface area contributed by atoms with Crippen LogP contribution in [0.4, 0.5) is 5.69 Å². The molecule has 5 rings (SSSR count). The summed E-state index contributed by atoms with van der Waals surface area (Å²) in [6.07, 6.45) is 4.89. The van der Waals surface area contributed by atoms with E-state index in [1.165, 1.54) is 4.90 Å². The lowest BCUT2D eigenvalue weighted by atomic mass is 9.94. The van der Waals surface area contributed by atoms with E-state index in [-0.39, 0.29) is 11.3 Å². The fourth-order valence-electron chi connectivity index (χ4n) is 4.24. The molecule has 0 spiro atoms. The summed E-state index contributed by atoms with van der Waals surface area (Å²) in [7, 11) is 0. The molecule has 3 heterocycles. The molecule has 1 N–H and O–H groups in total. The van der Waals surface area contributed by atoms with Gasteiger partial charge in [-0.2, -0.15) is 0 Å². The predicted octanol–water partition coefficient (Wildman–Crippen LogP) is 4.69. The molecule has 1 aromatic heterocycles. The minimum atomic E-state index is -0.838. The minimum absolute atomic E-state index is 0.0136. The van der Waals surface area contributed by atoms with Crippen molar-refractivity contribution in [1.29, 1.82) is 0 Å². The second kappa shape index (κ2) is 8.13. The first-order chi connectivity index (χ1) is 15.5. The summed E-state index contributed by atoms with van der Waals surface area (Å²) in [5.41, 5.74) is 2.51. The van der Waals surface area contributed by atoms with Gasteiger partial charge in [0.1, 0.15) is 11.5 Å². The molecule has 0 radical (unpaired) electrons. The van der Waals surface area contributed by atoms with Crippen LogP contribution in [0.1, 0.15) is 29.2 Å². The van der Waals surface area contributed by atoms with Crippen molar-refractivity contribution in [2.45, 2.75) is 18.9 Å². The zero-order valence-electron chi connectivity index (χ0n) is 17.0. The van der Waals surface area contributed by atoms with Gasteiger partial charge >= 0.3 is 0 Å². The van der Waals surface area contributed by atoms with Crippen LogP contribution in [-0.4, -0.2) is 28.4 Å². The van der Waals surface area contributed by atoms with E-state index < -0.39 is 17.7 Å². The van der Waals surface area contributed by atoms with Crippen molar-refractivity contribution < 1.29 is 19.4 Å². The fraction of sp³-hybridized carbons (Fsp3) is 0.160. The van der Waals surface area contributed by atoms with Crippen LogP contribution in [0.3, 0.4) is 0 Å². The lowest BCUT2D eigenvalue weighted by molar-refractivity contribution is -0.132. The highest BCUT2D eigenvalue weighted by molar-refractivity contribution is 6.51. The van der Waals surface area contributed by atoms with Crippen LogP contribution in [0.15, 0.2) is 72.6 Å². The summed E-state index contributed by atoms with van der Waals surface area (Å²) in [4.78, 5) is 31.8. The van der Waals surface area contributed by atoms with E-state index >= 15 is 0 Å². The van der Waals surface area contributed by atoms with E-state index in [0.717, 1.165) is 24.2 Å². The van der Waals surface area contributed by atoms with Gasteiger partial charge in [-0.05, 0) is 66.4 Å². The number of aromatic nitrogens is 1. The number of carbonyl (C=O) groups is 2. The Morgan fingerprint density at radius 2 is 2.00 bits per heavy atom. The molecular weight excluding hydrogens is 428 g/mol. The van der Waals surface area contributed by atoms with E-state index in [4.69, 9.17) is 16.3 Å². The first kappa shape index (κ1) is 20.3. The first-order valence-electron chi connectivity index (χ1n) is 10.3. The number of ether oxygens (including phenoxy) is 1. The van der Waals surface area contributed by atoms with Gasteiger partial charge in [-0.15, -0.1) is 0 Å². The van der Waals surface area contributed by atoms with Crippen LogP contribution in [-0.2, 0) is 16.0 Å². The molecule has 2 aromatic carbocycles. The van der Waals surface area contributed by atoms with Gasteiger partial charge in [-0.3, -0.25) is 19.5 Å². The number of nitrogens with zero attached hydrogens (tertiary/aromatic N) is 2. The monoisotopic (exact) mass is 446 g/mol.